The number of phenols is 1. The van der Waals surface area contributed by atoms with Crippen molar-refractivity contribution in [2.45, 2.75) is 46.6 Å². The lowest BCUT2D eigenvalue weighted by Gasteiger charge is -2.12. The van der Waals surface area contributed by atoms with Gasteiger partial charge in [-0.05, 0) is 49.8 Å². The zero-order chi connectivity index (χ0) is 13.4. The molecule has 0 bridgehead atoms. The summed E-state index contributed by atoms with van der Waals surface area (Å²) in [4.78, 5) is 0. The van der Waals surface area contributed by atoms with E-state index in [1.807, 2.05) is 13.0 Å². The molecule has 2 heteroatoms. The lowest BCUT2D eigenvalue weighted by molar-refractivity contribution is -0.715. The topological polar surface area (TPSA) is 24.1 Å². The highest BCUT2D eigenvalue weighted by Gasteiger charge is 2.16. The van der Waals surface area contributed by atoms with Crippen LogP contribution in [-0.4, -0.2) is 5.11 Å². The number of aromatic nitrogens is 1. The number of phenolic OH excluding ortho intramolecular Hbond substituents is 1. The molecule has 1 heterocycles. The van der Waals surface area contributed by atoms with Crippen LogP contribution in [0.15, 0.2) is 24.5 Å². The maximum atomic E-state index is 9.87. The van der Waals surface area contributed by atoms with Crippen molar-refractivity contribution < 1.29 is 9.67 Å². The van der Waals surface area contributed by atoms with Gasteiger partial charge in [-0.15, -0.1) is 0 Å². The Bertz CT molecular complexity index is 585. The predicted molar refractivity (Wildman–Crippen MR) is 75.0 cm³/mol. The molecule has 0 fully saturated rings. The second kappa shape index (κ2) is 4.60. The quantitative estimate of drug-likeness (QED) is 0.797. The lowest BCUT2D eigenvalue weighted by Crippen LogP contribution is -2.36. The SMILES string of the molecule is Cc1cc2c(C(C)C)c[n+](C(C)C)cc2cc1O. The lowest BCUT2D eigenvalue weighted by atomic mass is 9.96. The van der Waals surface area contributed by atoms with Gasteiger partial charge < -0.3 is 5.11 Å². The number of benzene rings is 1. The van der Waals surface area contributed by atoms with Crippen LogP contribution in [0.2, 0.25) is 0 Å². The third-order valence-corrected chi connectivity index (χ3v) is 3.47. The Labute approximate surface area is 109 Å². The van der Waals surface area contributed by atoms with Crippen molar-refractivity contribution >= 4 is 10.8 Å². The molecule has 0 aliphatic heterocycles. The van der Waals surface area contributed by atoms with Crippen LogP contribution in [0.5, 0.6) is 5.75 Å². The van der Waals surface area contributed by atoms with Gasteiger partial charge in [0.15, 0.2) is 18.4 Å². The van der Waals surface area contributed by atoms with Gasteiger partial charge in [-0.25, -0.2) is 4.57 Å². The number of aromatic hydroxyl groups is 1. The average molecular weight is 244 g/mol. The largest absolute Gasteiger partial charge is 0.508 e. The molecule has 1 N–H and O–H groups in total. The number of pyridine rings is 1. The second-order valence-electron chi connectivity index (χ2n) is 5.64. The predicted octanol–water partition coefficient (Wildman–Crippen LogP) is 3.85. The summed E-state index contributed by atoms with van der Waals surface area (Å²) in [7, 11) is 0. The highest BCUT2D eigenvalue weighted by Crippen LogP contribution is 2.29. The molecule has 1 aromatic heterocycles. The van der Waals surface area contributed by atoms with E-state index in [2.05, 4.69) is 50.7 Å². The van der Waals surface area contributed by atoms with E-state index in [1.165, 1.54) is 10.9 Å². The summed E-state index contributed by atoms with van der Waals surface area (Å²) < 4.78 is 2.21. The summed E-state index contributed by atoms with van der Waals surface area (Å²) in [5, 5.41) is 12.2. The Kier molecular flexibility index (Phi) is 3.29. The van der Waals surface area contributed by atoms with Crippen molar-refractivity contribution in [1.29, 1.82) is 0 Å². The molecule has 96 valence electrons. The van der Waals surface area contributed by atoms with Crippen LogP contribution >= 0.6 is 0 Å². The number of aryl methyl sites for hydroxylation is 1. The third-order valence-electron chi connectivity index (χ3n) is 3.47. The Morgan fingerprint density at radius 2 is 1.72 bits per heavy atom. The molecule has 2 rings (SSSR count). The number of nitrogens with zero attached hydrogens (tertiary/aromatic N) is 1. The van der Waals surface area contributed by atoms with Crippen LogP contribution < -0.4 is 4.57 Å². The minimum atomic E-state index is 0.374. The zero-order valence-corrected chi connectivity index (χ0v) is 11.9. The molecule has 2 aromatic rings. The van der Waals surface area contributed by atoms with Crippen molar-refractivity contribution in [3.63, 3.8) is 0 Å². The Morgan fingerprint density at radius 1 is 1.06 bits per heavy atom. The molecule has 18 heavy (non-hydrogen) atoms. The first-order valence-electron chi connectivity index (χ1n) is 6.58. The molecule has 0 aliphatic carbocycles. The molecule has 1 aromatic carbocycles. The Morgan fingerprint density at radius 3 is 2.28 bits per heavy atom. The van der Waals surface area contributed by atoms with Gasteiger partial charge in [0, 0.05) is 10.9 Å². The normalized spacial score (nSPS) is 11.7. The van der Waals surface area contributed by atoms with Crippen molar-refractivity contribution in [3.05, 3.63) is 35.7 Å². The molecule has 0 saturated heterocycles. The number of hydrogen-bond donors (Lipinski definition) is 1. The summed E-state index contributed by atoms with van der Waals surface area (Å²) in [5.74, 6) is 0.848. The van der Waals surface area contributed by atoms with E-state index >= 15 is 0 Å². The van der Waals surface area contributed by atoms with Crippen LogP contribution in [0.4, 0.5) is 0 Å². The van der Waals surface area contributed by atoms with E-state index in [0.717, 1.165) is 10.9 Å². The molecule has 0 radical (unpaired) electrons. The maximum Gasteiger partial charge on any atom is 0.177 e. The molecule has 0 unspecified atom stereocenters. The van der Waals surface area contributed by atoms with E-state index in [1.54, 1.807) is 0 Å². The van der Waals surface area contributed by atoms with Gasteiger partial charge in [0.05, 0.1) is 0 Å². The summed E-state index contributed by atoms with van der Waals surface area (Å²) in [6.45, 7) is 10.7. The van der Waals surface area contributed by atoms with E-state index < -0.39 is 0 Å². The number of rotatable bonds is 2. The molecular weight excluding hydrogens is 222 g/mol. The zero-order valence-electron chi connectivity index (χ0n) is 11.9. The van der Waals surface area contributed by atoms with Crippen LogP contribution in [0, 0.1) is 6.92 Å². The van der Waals surface area contributed by atoms with Gasteiger partial charge in [-0.2, -0.15) is 0 Å². The summed E-state index contributed by atoms with van der Waals surface area (Å²) in [5.41, 5.74) is 2.27. The minimum absolute atomic E-state index is 0.374. The fourth-order valence-corrected chi connectivity index (χ4v) is 2.26. The summed E-state index contributed by atoms with van der Waals surface area (Å²) in [6.07, 6.45) is 4.35. The van der Waals surface area contributed by atoms with E-state index in [0.29, 0.717) is 17.7 Å². The molecule has 0 saturated carbocycles. The summed E-state index contributed by atoms with van der Waals surface area (Å²) >= 11 is 0. The highest BCUT2D eigenvalue weighted by atomic mass is 16.3. The Balaban J connectivity index is 2.81. The van der Waals surface area contributed by atoms with Crippen LogP contribution in [-0.2, 0) is 0 Å². The first-order valence-corrected chi connectivity index (χ1v) is 6.58. The molecule has 0 spiro atoms. The Hall–Kier alpha value is -1.57. The highest BCUT2D eigenvalue weighted by molar-refractivity contribution is 5.86. The first kappa shape index (κ1) is 12.9. The van der Waals surface area contributed by atoms with Crippen LogP contribution in [0.1, 0.15) is 50.8 Å². The number of fused-ring (bicyclic) bond motifs is 1. The first-order chi connectivity index (χ1) is 8.40. The van der Waals surface area contributed by atoms with E-state index in [9.17, 15) is 5.11 Å². The molecule has 0 aliphatic rings. The smallest absolute Gasteiger partial charge is 0.177 e. The number of hydrogen-bond acceptors (Lipinski definition) is 1. The van der Waals surface area contributed by atoms with Gasteiger partial charge in [0.1, 0.15) is 5.75 Å². The molecule has 2 nitrogen and oxygen atoms in total. The van der Waals surface area contributed by atoms with Crippen LogP contribution in [0.3, 0.4) is 0 Å². The van der Waals surface area contributed by atoms with Crippen molar-refractivity contribution in [1.82, 2.24) is 0 Å². The van der Waals surface area contributed by atoms with Gasteiger partial charge in [0.25, 0.3) is 0 Å². The van der Waals surface area contributed by atoms with Crippen molar-refractivity contribution in [2.24, 2.45) is 0 Å². The van der Waals surface area contributed by atoms with E-state index in [-0.39, 0.29) is 0 Å². The fourth-order valence-electron chi connectivity index (χ4n) is 2.26. The van der Waals surface area contributed by atoms with Gasteiger partial charge in [-0.3, -0.25) is 0 Å². The minimum Gasteiger partial charge on any atom is -0.508 e. The van der Waals surface area contributed by atoms with E-state index in [4.69, 9.17) is 0 Å². The average Bonchev–Trinajstić information content (AvgIpc) is 2.29. The van der Waals surface area contributed by atoms with Gasteiger partial charge in [-0.1, -0.05) is 13.8 Å². The molecule has 0 amide bonds. The third kappa shape index (κ3) is 2.20. The monoisotopic (exact) mass is 244 g/mol. The molecule has 0 atom stereocenters. The van der Waals surface area contributed by atoms with Crippen molar-refractivity contribution in [2.75, 3.05) is 0 Å². The molecular formula is C16H22NO+. The van der Waals surface area contributed by atoms with Gasteiger partial charge in [0.2, 0.25) is 0 Å². The van der Waals surface area contributed by atoms with Crippen molar-refractivity contribution in [3.8, 4) is 5.75 Å². The fraction of sp³-hybridized carbons (Fsp3) is 0.438. The van der Waals surface area contributed by atoms with Crippen LogP contribution in [0.25, 0.3) is 10.8 Å². The summed E-state index contributed by atoms with van der Waals surface area (Å²) in [6, 6.07) is 4.38. The maximum absolute atomic E-state index is 9.87. The standard InChI is InChI=1S/C16H21NO/c1-10(2)15-9-17(11(3)4)8-13-7-16(18)12(5)6-14(13)15/h6-11H,1-5H3/p+1. The second-order valence-corrected chi connectivity index (χ2v) is 5.64. The van der Waals surface area contributed by atoms with Gasteiger partial charge >= 0.3 is 0 Å².